The monoisotopic (exact) mass is 428 g/mol. The molecule has 0 saturated carbocycles. The van der Waals surface area contributed by atoms with Crippen molar-refractivity contribution in [2.75, 3.05) is 18.5 Å². The highest BCUT2D eigenvalue weighted by atomic mass is 16.5. The van der Waals surface area contributed by atoms with Crippen LogP contribution in [0.25, 0.3) is 0 Å². The molecule has 0 aromatic heterocycles. The molecule has 1 N–H and O–H groups in total. The number of nitrogens with zero attached hydrogens (tertiary/aromatic N) is 1. The van der Waals surface area contributed by atoms with E-state index in [-0.39, 0.29) is 24.3 Å². The van der Waals surface area contributed by atoms with Crippen LogP contribution >= 0.6 is 0 Å². The molecule has 0 bridgehead atoms. The summed E-state index contributed by atoms with van der Waals surface area (Å²) in [5, 5.41) is 2.85. The van der Waals surface area contributed by atoms with Crippen LogP contribution in [0.15, 0.2) is 66.7 Å². The molecule has 0 atom stereocenters. The van der Waals surface area contributed by atoms with Crippen LogP contribution in [-0.2, 0) is 6.54 Å². The Kier molecular flexibility index (Phi) is 5.07. The van der Waals surface area contributed by atoms with Gasteiger partial charge in [-0.3, -0.25) is 19.3 Å². The fourth-order valence-corrected chi connectivity index (χ4v) is 3.77. The van der Waals surface area contributed by atoms with E-state index in [0.29, 0.717) is 47.1 Å². The number of ether oxygens (including phenoxy) is 2. The summed E-state index contributed by atoms with van der Waals surface area (Å²) >= 11 is 0. The maximum absolute atomic E-state index is 12.7. The largest absolute Gasteiger partial charge is 0.490 e. The quantitative estimate of drug-likeness (QED) is 0.637. The summed E-state index contributed by atoms with van der Waals surface area (Å²) in [5.41, 5.74) is 2.66. The van der Waals surface area contributed by atoms with Crippen molar-refractivity contribution in [3.63, 3.8) is 0 Å². The highest BCUT2D eigenvalue weighted by Crippen LogP contribution is 2.32. The van der Waals surface area contributed by atoms with Gasteiger partial charge in [0, 0.05) is 23.7 Å². The predicted molar refractivity (Wildman–Crippen MR) is 117 cm³/mol. The van der Waals surface area contributed by atoms with Crippen LogP contribution in [0.5, 0.6) is 11.5 Å². The van der Waals surface area contributed by atoms with Crippen LogP contribution in [0.2, 0.25) is 0 Å². The van der Waals surface area contributed by atoms with Crippen molar-refractivity contribution in [3.8, 4) is 11.5 Å². The summed E-state index contributed by atoms with van der Waals surface area (Å²) in [6.07, 6.45) is 0.809. The molecule has 7 nitrogen and oxygen atoms in total. The van der Waals surface area contributed by atoms with E-state index in [4.69, 9.17) is 9.47 Å². The molecule has 0 saturated heterocycles. The molecular weight excluding hydrogens is 408 g/mol. The highest BCUT2D eigenvalue weighted by molar-refractivity contribution is 6.21. The molecule has 0 radical (unpaired) electrons. The number of amides is 3. The van der Waals surface area contributed by atoms with Gasteiger partial charge < -0.3 is 14.8 Å². The number of nitrogens with one attached hydrogen (secondary N) is 1. The Hall–Kier alpha value is -4.13. The van der Waals surface area contributed by atoms with Crippen molar-refractivity contribution in [1.82, 2.24) is 4.90 Å². The first-order valence-corrected chi connectivity index (χ1v) is 10.4. The van der Waals surface area contributed by atoms with Gasteiger partial charge in [0.05, 0.1) is 30.9 Å². The summed E-state index contributed by atoms with van der Waals surface area (Å²) in [4.78, 5) is 38.9. The third-order valence-electron chi connectivity index (χ3n) is 5.44. The van der Waals surface area contributed by atoms with Gasteiger partial charge >= 0.3 is 0 Å². The van der Waals surface area contributed by atoms with Crippen LogP contribution < -0.4 is 14.8 Å². The number of carbonyl (C=O) groups is 3. The summed E-state index contributed by atoms with van der Waals surface area (Å²) in [6, 6.07) is 18.9. The first-order valence-electron chi connectivity index (χ1n) is 10.4. The number of anilines is 1. The van der Waals surface area contributed by atoms with Crippen LogP contribution in [0.4, 0.5) is 5.69 Å². The molecular formula is C25H20N2O5. The van der Waals surface area contributed by atoms with E-state index in [1.54, 1.807) is 66.7 Å². The second-order valence-electron chi connectivity index (χ2n) is 7.61. The van der Waals surface area contributed by atoms with Gasteiger partial charge in [0.1, 0.15) is 0 Å². The Balaban J connectivity index is 1.26. The second-order valence-corrected chi connectivity index (χ2v) is 7.61. The Bertz CT molecular complexity index is 1180. The second kappa shape index (κ2) is 8.19. The Morgan fingerprint density at radius 2 is 1.50 bits per heavy atom. The van der Waals surface area contributed by atoms with Gasteiger partial charge in [-0.15, -0.1) is 0 Å². The zero-order chi connectivity index (χ0) is 22.1. The van der Waals surface area contributed by atoms with E-state index < -0.39 is 0 Å². The number of fused-ring (bicyclic) bond motifs is 2. The van der Waals surface area contributed by atoms with Gasteiger partial charge in [0.15, 0.2) is 11.5 Å². The molecule has 3 aromatic carbocycles. The minimum absolute atomic E-state index is 0.149. The lowest BCUT2D eigenvalue weighted by atomic mass is 10.1. The number of hydrogen-bond acceptors (Lipinski definition) is 5. The van der Waals surface area contributed by atoms with E-state index in [9.17, 15) is 14.4 Å². The average molecular weight is 428 g/mol. The first-order chi connectivity index (χ1) is 15.6. The third kappa shape index (κ3) is 3.69. The summed E-state index contributed by atoms with van der Waals surface area (Å²) in [5.74, 6) is 0.394. The highest BCUT2D eigenvalue weighted by Gasteiger charge is 2.34. The van der Waals surface area contributed by atoms with Gasteiger partial charge in [0.2, 0.25) is 0 Å². The van der Waals surface area contributed by atoms with Gasteiger partial charge in [-0.05, 0) is 42.0 Å². The minimum atomic E-state index is -0.304. The minimum Gasteiger partial charge on any atom is -0.490 e. The maximum Gasteiger partial charge on any atom is 0.261 e. The molecule has 160 valence electrons. The number of carbonyl (C=O) groups excluding carboxylic acids is 3. The molecule has 0 aliphatic carbocycles. The lowest BCUT2D eigenvalue weighted by molar-refractivity contribution is 0.0642. The van der Waals surface area contributed by atoms with Crippen molar-refractivity contribution in [1.29, 1.82) is 0 Å². The first kappa shape index (κ1) is 19.8. The zero-order valence-corrected chi connectivity index (χ0v) is 17.2. The molecule has 2 aliphatic rings. The van der Waals surface area contributed by atoms with Crippen LogP contribution in [0, 0.1) is 0 Å². The molecule has 5 rings (SSSR count). The van der Waals surface area contributed by atoms with E-state index in [1.807, 2.05) is 0 Å². The predicted octanol–water partition coefficient (Wildman–Crippen LogP) is 3.90. The Morgan fingerprint density at radius 3 is 2.19 bits per heavy atom. The molecule has 0 fully saturated rings. The lowest BCUT2D eigenvalue weighted by Crippen LogP contribution is -2.29. The van der Waals surface area contributed by atoms with Crippen molar-refractivity contribution >= 4 is 23.4 Å². The summed E-state index contributed by atoms with van der Waals surface area (Å²) < 4.78 is 11.3. The molecule has 32 heavy (non-hydrogen) atoms. The summed E-state index contributed by atoms with van der Waals surface area (Å²) in [7, 11) is 0. The normalized spacial score (nSPS) is 14.7. The fourth-order valence-electron chi connectivity index (χ4n) is 3.77. The fraction of sp³-hybridized carbons (Fsp3) is 0.160. The van der Waals surface area contributed by atoms with Crippen molar-refractivity contribution in [2.24, 2.45) is 0 Å². The van der Waals surface area contributed by atoms with Crippen LogP contribution in [0.3, 0.4) is 0 Å². The van der Waals surface area contributed by atoms with Gasteiger partial charge in [-0.25, -0.2) is 0 Å². The van der Waals surface area contributed by atoms with Crippen LogP contribution in [-0.4, -0.2) is 35.8 Å². The summed E-state index contributed by atoms with van der Waals surface area (Å²) in [6.45, 7) is 1.32. The van der Waals surface area contributed by atoms with Crippen molar-refractivity contribution in [3.05, 3.63) is 89.0 Å². The molecule has 0 unspecified atom stereocenters. The molecule has 0 spiro atoms. The Labute approximate surface area is 184 Å². The number of hydrogen-bond donors (Lipinski definition) is 1. The Morgan fingerprint density at radius 1 is 0.844 bits per heavy atom. The third-order valence-corrected chi connectivity index (χ3v) is 5.44. The van der Waals surface area contributed by atoms with E-state index in [0.717, 1.165) is 12.0 Å². The molecule has 7 heteroatoms. The van der Waals surface area contributed by atoms with Crippen molar-refractivity contribution in [2.45, 2.75) is 13.0 Å². The molecule has 2 aliphatic heterocycles. The smallest absolute Gasteiger partial charge is 0.261 e. The average Bonchev–Trinajstić information content (AvgIpc) is 2.97. The molecule has 2 heterocycles. The lowest BCUT2D eigenvalue weighted by Gasteiger charge is -2.14. The number of rotatable bonds is 4. The van der Waals surface area contributed by atoms with Crippen LogP contribution in [0.1, 0.15) is 43.1 Å². The number of benzene rings is 3. The topological polar surface area (TPSA) is 84.9 Å². The number of imide groups is 1. The molecule has 3 amide bonds. The van der Waals surface area contributed by atoms with E-state index in [1.165, 1.54) is 4.90 Å². The van der Waals surface area contributed by atoms with E-state index >= 15 is 0 Å². The SMILES string of the molecule is O=C(Nc1ccc2c(c1)OCCCO2)c1ccc(CN2C(=O)c3ccccc3C2=O)cc1. The maximum atomic E-state index is 12.7. The van der Waals surface area contributed by atoms with Gasteiger partial charge in [-0.1, -0.05) is 24.3 Å². The zero-order valence-electron chi connectivity index (χ0n) is 17.2. The van der Waals surface area contributed by atoms with Gasteiger partial charge in [-0.2, -0.15) is 0 Å². The standard InChI is InChI=1S/C25H20N2O5/c28-23(26-18-10-11-21-22(14-18)32-13-3-12-31-21)17-8-6-16(7-9-17)15-27-24(29)19-4-1-2-5-20(19)25(27)30/h1-2,4-11,14H,3,12-13,15H2,(H,26,28). The van der Waals surface area contributed by atoms with Gasteiger partial charge in [0.25, 0.3) is 17.7 Å². The van der Waals surface area contributed by atoms with Crippen molar-refractivity contribution < 1.29 is 23.9 Å². The van der Waals surface area contributed by atoms with E-state index in [2.05, 4.69) is 5.32 Å². The molecule has 3 aromatic rings.